The summed E-state index contributed by atoms with van der Waals surface area (Å²) in [5, 5.41) is 0. The molecule has 1 unspecified atom stereocenters. The van der Waals surface area contributed by atoms with Crippen LogP contribution < -0.4 is 0 Å². The SMILES string of the molecule is CN(Cc1ccccc1)C(=O)c1cccc(CS(C)=O)c1. The van der Waals surface area contributed by atoms with Gasteiger partial charge in [0, 0.05) is 42.0 Å². The van der Waals surface area contributed by atoms with E-state index in [0.29, 0.717) is 17.9 Å². The molecule has 0 bridgehead atoms. The van der Waals surface area contributed by atoms with Crippen LogP contribution in [0.5, 0.6) is 0 Å². The Morgan fingerprint density at radius 1 is 1.05 bits per heavy atom. The third-order valence-corrected chi connectivity index (χ3v) is 3.89. The molecule has 0 aliphatic rings. The van der Waals surface area contributed by atoms with Gasteiger partial charge in [0.05, 0.1) is 0 Å². The van der Waals surface area contributed by atoms with E-state index in [9.17, 15) is 9.00 Å². The van der Waals surface area contributed by atoms with Crippen LogP contribution in [-0.4, -0.2) is 28.3 Å². The van der Waals surface area contributed by atoms with Crippen LogP contribution in [0.15, 0.2) is 54.6 Å². The van der Waals surface area contributed by atoms with Gasteiger partial charge < -0.3 is 4.90 Å². The second-order valence-electron chi connectivity index (χ2n) is 5.06. The van der Waals surface area contributed by atoms with E-state index in [-0.39, 0.29) is 5.91 Å². The Bertz CT molecular complexity index is 640. The minimum Gasteiger partial charge on any atom is -0.337 e. The lowest BCUT2D eigenvalue weighted by atomic mass is 10.1. The lowest BCUT2D eigenvalue weighted by Crippen LogP contribution is -2.26. The molecular formula is C17H19NO2S. The van der Waals surface area contributed by atoms with Crippen molar-refractivity contribution < 1.29 is 9.00 Å². The van der Waals surface area contributed by atoms with Gasteiger partial charge in [0.25, 0.3) is 5.91 Å². The first-order chi connectivity index (χ1) is 10.1. The van der Waals surface area contributed by atoms with Gasteiger partial charge in [-0.3, -0.25) is 9.00 Å². The van der Waals surface area contributed by atoms with Crippen LogP contribution in [0.2, 0.25) is 0 Å². The second-order valence-corrected chi connectivity index (χ2v) is 6.50. The van der Waals surface area contributed by atoms with Gasteiger partial charge in [0.1, 0.15) is 0 Å². The Morgan fingerprint density at radius 3 is 2.38 bits per heavy atom. The van der Waals surface area contributed by atoms with Crippen LogP contribution in [0, 0.1) is 0 Å². The molecule has 1 amide bonds. The van der Waals surface area contributed by atoms with Gasteiger partial charge in [-0.2, -0.15) is 0 Å². The summed E-state index contributed by atoms with van der Waals surface area (Å²) in [5.74, 6) is 0.450. The van der Waals surface area contributed by atoms with Crippen LogP contribution in [0.1, 0.15) is 21.5 Å². The van der Waals surface area contributed by atoms with Crippen molar-refractivity contribution in [2.24, 2.45) is 0 Å². The molecule has 2 aromatic rings. The lowest BCUT2D eigenvalue weighted by Gasteiger charge is -2.17. The molecule has 0 heterocycles. The minimum absolute atomic E-state index is 0.0254. The zero-order valence-electron chi connectivity index (χ0n) is 12.3. The van der Waals surface area contributed by atoms with Gasteiger partial charge >= 0.3 is 0 Å². The average molecular weight is 301 g/mol. The Kier molecular flexibility index (Phi) is 5.28. The summed E-state index contributed by atoms with van der Waals surface area (Å²) < 4.78 is 11.3. The topological polar surface area (TPSA) is 37.4 Å². The van der Waals surface area contributed by atoms with E-state index in [1.807, 2.05) is 48.5 Å². The fourth-order valence-corrected chi connectivity index (χ4v) is 2.83. The summed E-state index contributed by atoms with van der Waals surface area (Å²) in [5.41, 5.74) is 2.66. The van der Waals surface area contributed by atoms with Crippen molar-refractivity contribution in [1.82, 2.24) is 4.90 Å². The van der Waals surface area contributed by atoms with Crippen LogP contribution >= 0.6 is 0 Å². The highest BCUT2D eigenvalue weighted by Gasteiger charge is 2.12. The number of carbonyl (C=O) groups excluding carboxylic acids is 1. The van der Waals surface area contributed by atoms with Gasteiger partial charge in [-0.05, 0) is 23.3 Å². The van der Waals surface area contributed by atoms with Gasteiger partial charge in [0.15, 0.2) is 0 Å². The zero-order chi connectivity index (χ0) is 15.2. The molecule has 0 saturated heterocycles. The molecule has 0 aliphatic heterocycles. The van der Waals surface area contributed by atoms with Crippen molar-refractivity contribution in [3.63, 3.8) is 0 Å². The van der Waals surface area contributed by atoms with E-state index in [4.69, 9.17) is 0 Å². The fourth-order valence-electron chi connectivity index (χ4n) is 2.18. The maximum absolute atomic E-state index is 12.4. The molecular weight excluding hydrogens is 282 g/mol. The third kappa shape index (κ3) is 4.53. The number of carbonyl (C=O) groups is 1. The predicted octanol–water partition coefficient (Wildman–Crippen LogP) is 2.84. The molecule has 3 nitrogen and oxygen atoms in total. The molecule has 0 aromatic heterocycles. The van der Waals surface area contributed by atoms with E-state index in [1.165, 1.54) is 0 Å². The summed E-state index contributed by atoms with van der Waals surface area (Å²) in [4.78, 5) is 14.1. The highest BCUT2D eigenvalue weighted by Crippen LogP contribution is 2.11. The molecule has 2 rings (SSSR count). The number of amides is 1. The van der Waals surface area contributed by atoms with Gasteiger partial charge in [0.2, 0.25) is 0 Å². The standard InChI is InChI=1S/C17H19NO2S/c1-18(12-14-7-4-3-5-8-14)17(19)16-10-6-9-15(11-16)13-21(2)20/h3-11H,12-13H2,1-2H3. The maximum atomic E-state index is 12.4. The second kappa shape index (κ2) is 7.18. The van der Waals surface area contributed by atoms with E-state index in [0.717, 1.165) is 11.1 Å². The quantitative estimate of drug-likeness (QED) is 0.851. The lowest BCUT2D eigenvalue weighted by molar-refractivity contribution is 0.0785. The largest absolute Gasteiger partial charge is 0.337 e. The predicted molar refractivity (Wildman–Crippen MR) is 86.5 cm³/mol. The molecule has 0 radical (unpaired) electrons. The van der Waals surface area contributed by atoms with Gasteiger partial charge in [-0.15, -0.1) is 0 Å². The summed E-state index contributed by atoms with van der Waals surface area (Å²) >= 11 is 0. The van der Waals surface area contributed by atoms with Crippen molar-refractivity contribution in [2.75, 3.05) is 13.3 Å². The number of benzene rings is 2. The Labute approximate surface area is 128 Å². The Balaban J connectivity index is 2.10. The van der Waals surface area contributed by atoms with Crippen molar-refractivity contribution >= 4 is 16.7 Å². The van der Waals surface area contributed by atoms with Crippen LogP contribution in [0.4, 0.5) is 0 Å². The van der Waals surface area contributed by atoms with Crippen molar-refractivity contribution in [3.05, 3.63) is 71.3 Å². The van der Waals surface area contributed by atoms with Crippen LogP contribution in [0.25, 0.3) is 0 Å². The van der Waals surface area contributed by atoms with Crippen LogP contribution in [0.3, 0.4) is 0 Å². The molecule has 0 N–H and O–H groups in total. The summed E-state index contributed by atoms with van der Waals surface area (Å²) in [6, 6.07) is 17.2. The van der Waals surface area contributed by atoms with E-state index < -0.39 is 10.8 Å². The molecule has 21 heavy (non-hydrogen) atoms. The van der Waals surface area contributed by atoms with Crippen LogP contribution in [-0.2, 0) is 23.1 Å². The number of rotatable bonds is 5. The summed E-state index contributed by atoms with van der Waals surface area (Å²) in [6.45, 7) is 0.573. The highest BCUT2D eigenvalue weighted by atomic mass is 32.2. The molecule has 110 valence electrons. The Morgan fingerprint density at radius 2 is 1.71 bits per heavy atom. The van der Waals surface area contributed by atoms with E-state index >= 15 is 0 Å². The first-order valence-corrected chi connectivity index (χ1v) is 8.47. The molecule has 0 spiro atoms. The monoisotopic (exact) mass is 301 g/mol. The maximum Gasteiger partial charge on any atom is 0.253 e. The van der Waals surface area contributed by atoms with E-state index in [1.54, 1.807) is 24.3 Å². The molecule has 0 aliphatic carbocycles. The minimum atomic E-state index is -0.905. The smallest absolute Gasteiger partial charge is 0.253 e. The fraction of sp³-hybridized carbons (Fsp3) is 0.235. The third-order valence-electron chi connectivity index (χ3n) is 3.15. The number of hydrogen-bond donors (Lipinski definition) is 0. The number of nitrogens with zero attached hydrogens (tertiary/aromatic N) is 1. The summed E-state index contributed by atoms with van der Waals surface area (Å²) in [6.07, 6.45) is 1.66. The van der Waals surface area contributed by atoms with Gasteiger partial charge in [-0.1, -0.05) is 42.5 Å². The van der Waals surface area contributed by atoms with Crippen molar-refractivity contribution in [1.29, 1.82) is 0 Å². The van der Waals surface area contributed by atoms with Crippen molar-refractivity contribution in [2.45, 2.75) is 12.3 Å². The molecule has 1 atom stereocenters. The highest BCUT2D eigenvalue weighted by molar-refractivity contribution is 7.83. The first-order valence-electron chi connectivity index (χ1n) is 6.74. The van der Waals surface area contributed by atoms with Gasteiger partial charge in [-0.25, -0.2) is 0 Å². The normalized spacial score (nSPS) is 11.9. The first kappa shape index (κ1) is 15.4. The molecule has 4 heteroatoms. The average Bonchev–Trinajstić information content (AvgIpc) is 2.47. The molecule has 2 aromatic carbocycles. The molecule has 0 saturated carbocycles. The Hall–Kier alpha value is -1.94. The zero-order valence-corrected chi connectivity index (χ0v) is 13.1. The molecule has 0 fully saturated rings. The number of hydrogen-bond acceptors (Lipinski definition) is 2. The summed E-state index contributed by atoms with van der Waals surface area (Å²) in [7, 11) is 0.887. The van der Waals surface area contributed by atoms with Crippen molar-refractivity contribution in [3.8, 4) is 0 Å². The van der Waals surface area contributed by atoms with E-state index in [2.05, 4.69) is 0 Å².